The summed E-state index contributed by atoms with van der Waals surface area (Å²) >= 11 is 5.93. The first kappa shape index (κ1) is 20.4. The van der Waals surface area contributed by atoms with Crippen LogP contribution in [-0.2, 0) is 16.0 Å². The fraction of sp³-hybridized carbons (Fsp3) is 0.364. The molecule has 5 nitrogen and oxygen atoms in total. The molecule has 2 amide bonds. The van der Waals surface area contributed by atoms with E-state index < -0.39 is 0 Å². The fourth-order valence-corrected chi connectivity index (χ4v) is 3.45. The summed E-state index contributed by atoms with van der Waals surface area (Å²) < 4.78 is 0. The number of hydrogen-bond donors (Lipinski definition) is 1. The van der Waals surface area contributed by atoms with Gasteiger partial charge in [0.25, 0.3) is 0 Å². The molecule has 1 N–H and O–H groups in total. The van der Waals surface area contributed by atoms with Gasteiger partial charge in [-0.3, -0.25) is 14.5 Å². The molecule has 0 atom stereocenters. The molecular formula is C22H26ClN3O2. The Morgan fingerprint density at radius 3 is 2.43 bits per heavy atom. The van der Waals surface area contributed by atoms with Crippen LogP contribution >= 0.6 is 11.6 Å². The highest BCUT2D eigenvalue weighted by Crippen LogP contribution is 2.15. The van der Waals surface area contributed by atoms with Crippen molar-refractivity contribution in [3.05, 3.63) is 64.7 Å². The molecule has 1 aliphatic heterocycles. The van der Waals surface area contributed by atoms with Crippen molar-refractivity contribution in [1.29, 1.82) is 0 Å². The Hall–Kier alpha value is -2.37. The summed E-state index contributed by atoms with van der Waals surface area (Å²) in [5, 5.41) is 3.47. The summed E-state index contributed by atoms with van der Waals surface area (Å²) in [4.78, 5) is 28.8. The summed E-state index contributed by atoms with van der Waals surface area (Å²) in [6, 6.07) is 15.2. The minimum Gasteiger partial charge on any atom is -0.340 e. The van der Waals surface area contributed by atoms with E-state index in [2.05, 4.69) is 10.2 Å². The third-order valence-corrected chi connectivity index (χ3v) is 5.20. The van der Waals surface area contributed by atoms with Crippen molar-refractivity contribution in [2.24, 2.45) is 0 Å². The van der Waals surface area contributed by atoms with Gasteiger partial charge in [-0.25, -0.2) is 0 Å². The van der Waals surface area contributed by atoms with Crippen LogP contribution in [0.3, 0.4) is 0 Å². The van der Waals surface area contributed by atoms with Gasteiger partial charge in [-0.2, -0.15) is 0 Å². The van der Waals surface area contributed by atoms with E-state index >= 15 is 0 Å². The van der Waals surface area contributed by atoms with E-state index in [9.17, 15) is 9.59 Å². The fourth-order valence-electron chi connectivity index (χ4n) is 3.26. The van der Waals surface area contributed by atoms with Crippen LogP contribution in [0.2, 0.25) is 5.02 Å². The minimum absolute atomic E-state index is 0.0276. The molecule has 0 aromatic heterocycles. The largest absolute Gasteiger partial charge is 0.340 e. The Kier molecular flexibility index (Phi) is 7.06. The van der Waals surface area contributed by atoms with Gasteiger partial charge in [0, 0.05) is 49.9 Å². The molecule has 0 spiro atoms. The van der Waals surface area contributed by atoms with Gasteiger partial charge in [-0.1, -0.05) is 47.5 Å². The summed E-state index contributed by atoms with van der Waals surface area (Å²) in [5.41, 5.74) is 2.96. The van der Waals surface area contributed by atoms with Crippen molar-refractivity contribution in [2.45, 2.75) is 19.8 Å². The van der Waals surface area contributed by atoms with Gasteiger partial charge >= 0.3 is 0 Å². The highest BCUT2D eigenvalue weighted by atomic mass is 35.5. The normalized spacial score (nSPS) is 14.7. The highest BCUT2D eigenvalue weighted by Gasteiger charge is 2.21. The molecule has 1 saturated heterocycles. The van der Waals surface area contributed by atoms with Gasteiger partial charge in [-0.05, 0) is 30.7 Å². The van der Waals surface area contributed by atoms with E-state index in [1.807, 2.05) is 48.2 Å². The molecule has 0 unspecified atom stereocenters. The zero-order chi connectivity index (χ0) is 19.9. The van der Waals surface area contributed by atoms with E-state index in [0.29, 0.717) is 43.2 Å². The van der Waals surface area contributed by atoms with Crippen LogP contribution < -0.4 is 5.32 Å². The molecule has 148 valence electrons. The second-order valence-corrected chi connectivity index (χ2v) is 7.63. The molecule has 1 fully saturated rings. The number of amides is 2. The van der Waals surface area contributed by atoms with Gasteiger partial charge in [0.15, 0.2) is 0 Å². The molecule has 2 aromatic carbocycles. The Balaban J connectivity index is 1.38. The maximum Gasteiger partial charge on any atom is 0.227 e. The number of carbonyl (C=O) groups excluding carboxylic acids is 2. The Labute approximate surface area is 171 Å². The molecule has 0 saturated carbocycles. The topological polar surface area (TPSA) is 52.7 Å². The molecule has 1 heterocycles. The monoisotopic (exact) mass is 399 g/mol. The third-order valence-electron chi connectivity index (χ3n) is 4.96. The molecule has 1 aliphatic rings. The first-order valence-electron chi connectivity index (χ1n) is 9.61. The lowest BCUT2D eigenvalue weighted by molar-refractivity contribution is -0.132. The first-order valence-corrected chi connectivity index (χ1v) is 9.98. The van der Waals surface area contributed by atoms with Crippen molar-refractivity contribution in [3.63, 3.8) is 0 Å². The van der Waals surface area contributed by atoms with Crippen LogP contribution in [0.4, 0.5) is 5.69 Å². The van der Waals surface area contributed by atoms with E-state index in [-0.39, 0.29) is 11.8 Å². The number of carbonyl (C=O) groups is 2. The molecule has 6 heteroatoms. The molecule has 2 aromatic rings. The number of rotatable bonds is 6. The van der Waals surface area contributed by atoms with Gasteiger partial charge in [-0.15, -0.1) is 0 Å². The number of nitrogens with zero attached hydrogens (tertiary/aromatic N) is 2. The van der Waals surface area contributed by atoms with Crippen molar-refractivity contribution < 1.29 is 9.59 Å². The molecule has 0 aliphatic carbocycles. The first-order chi connectivity index (χ1) is 13.5. The van der Waals surface area contributed by atoms with Crippen LogP contribution in [0.25, 0.3) is 0 Å². The predicted molar refractivity (Wildman–Crippen MR) is 113 cm³/mol. The third kappa shape index (κ3) is 6.08. The van der Waals surface area contributed by atoms with E-state index in [1.54, 1.807) is 12.1 Å². The van der Waals surface area contributed by atoms with Crippen molar-refractivity contribution in [3.8, 4) is 0 Å². The maximum atomic E-state index is 12.5. The number of hydrogen-bond acceptors (Lipinski definition) is 3. The van der Waals surface area contributed by atoms with Gasteiger partial charge in [0.1, 0.15) is 0 Å². The molecule has 3 rings (SSSR count). The number of piperazine rings is 1. The van der Waals surface area contributed by atoms with E-state index in [0.717, 1.165) is 18.7 Å². The Morgan fingerprint density at radius 2 is 1.75 bits per heavy atom. The summed E-state index contributed by atoms with van der Waals surface area (Å²) in [7, 11) is 0. The predicted octanol–water partition coefficient (Wildman–Crippen LogP) is 3.36. The van der Waals surface area contributed by atoms with Crippen LogP contribution in [0, 0.1) is 6.92 Å². The van der Waals surface area contributed by atoms with E-state index in [4.69, 9.17) is 11.6 Å². The smallest absolute Gasteiger partial charge is 0.227 e. The highest BCUT2D eigenvalue weighted by molar-refractivity contribution is 6.30. The van der Waals surface area contributed by atoms with Crippen LogP contribution in [0.1, 0.15) is 17.5 Å². The average Bonchev–Trinajstić information content (AvgIpc) is 2.68. The Bertz CT molecular complexity index is 815. The van der Waals surface area contributed by atoms with Gasteiger partial charge in [0.2, 0.25) is 11.8 Å². The lowest BCUT2D eigenvalue weighted by atomic mass is 10.1. The minimum atomic E-state index is -0.0276. The zero-order valence-electron chi connectivity index (χ0n) is 16.2. The number of anilines is 1. The Morgan fingerprint density at radius 1 is 1.04 bits per heavy atom. The van der Waals surface area contributed by atoms with E-state index in [1.165, 1.54) is 5.56 Å². The summed E-state index contributed by atoms with van der Waals surface area (Å²) in [6.07, 6.45) is 0.867. The van der Waals surface area contributed by atoms with Crippen molar-refractivity contribution >= 4 is 29.1 Å². The SMILES string of the molecule is Cc1ccc(CC(=O)N2CCN(CCC(=O)Nc3cccc(Cl)c3)CC2)cc1. The average molecular weight is 400 g/mol. The lowest BCUT2D eigenvalue weighted by Gasteiger charge is -2.34. The van der Waals surface area contributed by atoms with Crippen LogP contribution in [0.5, 0.6) is 0 Å². The van der Waals surface area contributed by atoms with Crippen LogP contribution in [0.15, 0.2) is 48.5 Å². The molecule has 0 bridgehead atoms. The second-order valence-electron chi connectivity index (χ2n) is 7.19. The molecular weight excluding hydrogens is 374 g/mol. The number of halogens is 1. The van der Waals surface area contributed by atoms with Gasteiger partial charge < -0.3 is 10.2 Å². The second kappa shape index (κ2) is 9.71. The van der Waals surface area contributed by atoms with Crippen molar-refractivity contribution in [1.82, 2.24) is 9.80 Å². The van der Waals surface area contributed by atoms with Crippen LogP contribution in [-0.4, -0.2) is 54.3 Å². The zero-order valence-corrected chi connectivity index (χ0v) is 16.9. The maximum absolute atomic E-state index is 12.5. The summed E-state index contributed by atoms with van der Waals surface area (Å²) in [6.45, 7) is 5.74. The van der Waals surface area contributed by atoms with Gasteiger partial charge in [0.05, 0.1) is 6.42 Å². The number of nitrogens with one attached hydrogen (secondary N) is 1. The summed E-state index contributed by atoms with van der Waals surface area (Å²) in [5.74, 6) is 0.141. The molecule has 0 radical (unpaired) electrons. The quantitative estimate of drug-likeness (QED) is 0.810. The number of aryl methyl sites for hydroxylation is 1. The standard InChI is InChI=1S/C22H26ClN3O2/c1-17-5-7-18(8-6-17)15-22(28)26-13-11-25(12-14-26)10-9-21(27)24-20-4-2-3-19(23)16-20/h2-8,16H,9-15H2,1H3,(H,24,27). The molecule has 28 heavy (non-hydrogen) atoms. The number of benzene rings is 2. The van der Waals surface area contributed by atoms with Crippen molar-refractivity contribution in [2.75, 3.05) is 38.0 Å². The lowest BCUT2D eigenvalue weighted by Crippen LogP contribution is -2.49.